The maximum Gasteiger partial charge on any atom is 0.263 e. The second kappa shape index (κ2) is 7.15. The average Bonchev–Trinajstić information content (AvgIpc) is 3.04. The summed E-state index contributed by atoms with van der Waals surface area (Å²) in [6, 6.07) is 1.86. The van der Waals surface area contributed by atoms with Crippen LogP contribution in [0.1, 0.15) is 45.9 Å². The molecule has 0 aliphatic carbocycles. The molecule has 114 valence electrons. The number of hydrogen-bond donors (Lipinski definition) is 2. The fourth-order valence-electron chi connectivity index (χ4n) is 1.95. The first-order valence-electron chi connectivity index (χ1n) is 6.92. The molecule has 21 heavy (non-hydrogen) atoms. The molecule has 0 radical (unpaired) electrons. The van der Waals surface area contributed by atoms with Crippen molar-refractivity contribution >= 4 is 28.6 Å². The molecule has 0 aliphatic rings. The Morgan fingerprint density at radius 1 is 1.48 bits per heavy atom. The number of amides is 1. The van der Waals surface area contributed by atoms with Gasteiger partial charge in [-0.05, 0) is 35.2 Å². The number of aliphatic hydroxyl groups excluding tert-OH is 1. The summed E-state index contributed by atoms with van der Waals surface area (Å²) in [4.78, 5) is 17.3. The molecule has 2 N–H and O–H groups in total. The van der Waals surface area contributed by atoms with E-state index in [9.17, 15) is 9.90 Å². The van der Waals surface area contributed by atoms with Crippen LogP contribution >= 0.6 is 22.7 Å². The fraction of sp³-hybridized carbons (Fsp3) is 0.467. The van der Waals surface area contributed by atoms with Crippen molar-refractivity contribution in [1.82, 2.24) is 10.3 Å². The van der Waals surface area contributed by atoms with Crippen LogP contribution in [-0.2, 0) is 6.42 Å². The summed E-state index contributed by atoms with van der Waals surface area (Å²) >= 11 is 2.97. The monoisotopic (exact) mass is 324 g/mol. The van der Waals surface area contributed by atoms with Crippen LogP contribution in [0.15, 0.2) is 16.8 Å². The molecule has 0 aromatic carbocycles. The molecule has 0 fully saturated rings. The normalized spacial score (nSPS) is 12.6. The van der Waals surface area contributed by atoms with Gasteiger partial charge in [-0.2, -0.15) is 11.3 Å². The lowest BCUT2D eigenvalue weighted by molar-refractivity contribution is 0.0920. The van der Waals surface area contributed by atoms with E-state index in [1.54, 1.807) is 0 Å². The predicted molar refractivity (Wildman–Crippen MR) is 87.0 cm³/mol. The molecule has 2 heterocycles. The Bertz CT molecular complexity index is 591. The van der Waals surface area contributed by atoms with Crippen molar-refractivity contribution in [2.45, 2.75) is 33.3 Å². The molecule has 4 nitrogen and oxygen atoms in total. The lowest BCUT2D eigenvalue weighted by Crippen LogP contribution is -2.28. The molecule has 0 bridgehead atoms. The Morgan fingerprint density at radius 2 is 2.24 bits per heavy atom. The number of nitrogens with one attached hydrogen (secondary N) is 1. The van der Waals surface area contributed by atoms with Crippen molar-refractivity contribution in [2.24, 2.45) is 5.92 Å². The van der Waals surface area contributed by atoms with Gasteiger partial charge in [0.1, 0.15) is 4.88 Å². The molecule has 2 aromatic heterocycles. The van der Waals surface area contributed by atoms with E-state index < -0.39 is 6.10 Å². The first-order valence-corrected chi connectivity index (χ1v) is 8.68. The number of carbonyl (C=O) groups is 1. The molecule has 0 saturated heterocycles. The van der Waals surface area contributed by atoms with Gasteiger partial charge in [-0.25, -0.2) is 4.98 Å². The number of nitrogens with zero attached hydrogens (tertiary/aromatic N) is 1. The number of aryl methyl sites for hydroxylation is 1. The van der Waals surface area contributed by atoms with E-state index in [2.05, 4.69) is 24.1 Å². The van der Waals surface area contributed by atoms with Crippen molar-refractivity contribution in [3.05, 3.63) is 38.0 Å². The van der Waals surface area contributed by atoms with Crippen LogP contribution in [0.25, 0.3) is 0 Å². The summed E-state index contributed by atoms with van der Waals surface area (Å²) in [6.07, 6.45) is 0.222. The van der Waals surface area contributed by atoms with Crippen LogP contribution in [0.4, 0.5) is 0 Å². The average molecular weight is 324 g/mol. The van der Waals surface area contributed by atoms with Gasteiger partial charge >= 0.3 is 0 Å². The molecule has 0 aliphatic heterocycles. The van der Waals surface area contributed by atoms with Crippen molar-refractivity contribution in [3.8, 4) is 0 Å². The highest BCUT2D eigenvalue weighted by Crippen LogP contribution is 2.21. The Hall–Kier alpha value is -1.24. The summed E-state index contributed by atoms with van der Waals surface area (Å²) in [5, 5.41) is 17.5. The highest BCUT2D eigenvalue weighted by molar-refractivity contribution is 7.13. The number of carbonyl (C=O) groups excluding carboxylic acids is 1. The highest BCUT2D eigenvalue weighted by Gasteiger charge is 2.17. The molecule has 0 saturated carbocycles. The van der Waals surface area contributed by atoms with Crippen molar-refractivity contribution in [3.63, 3.8) is 0 Å². The summed E-state index contributed by atoms with van der Waals surface area (Å²) in [7, 11) is 0. The lowest BCUT2D eigenvalue weighted by Gasteiger charge is -2.09. The molecule has 1 amide bonds. The van der Waals surface area contributed by atoms with Crippen LogP contribution in [-0.4, -0.2) is 22.5 Å². The molecular formula is C15H20N2O2S2. The lowest BCUT2D eigenvalue weighted by atomic mass is 10.1. The minimum absolute atomic E-state index is 0.158. The maximum atomic E-state index is 12.2. The van der Waals surface area contributed by atoms with Gasteiger partial charge in [-0.1, -0.05) is 13.8 Å². The van der Waals surface area contributed by atoms with Gasteiger partial charge in [0.25, 0.3) is 5.91 Å². The number of rotatable bonds is 6. The summed E-state index contributed by atoms with van der Waals surface area (Å²) in [6.45, 7) is 6.33. The third-order valence-corrected chi connectivity index (χ3v) is 4.89. The first kappa shape index (κ1) is 16.1. The van der Waals surface area contributed by atoms with Gasteiger partial charge in [0.15, 0.2) is 0 Å². The molecule has 1 atom stereocenters. The van der Waals surface area contributed by atoms with E-state index in [4.69, 9.17) is 0 Å². The molecule has 1 unspecified atom stereocenters. The van der Waals surface area contributed by atoms with Gasteiger partial charge in [0.05, 0.1) is 16.8 Å². The summed E-state index contributed by atoms with van der Waals surface area (Å²) in [5.74, 6) is 0.362. The van der Waals surface area contributed by atoms with E-state index in [1.807, 2.05) is 23.8 Å². The van der Waals surface area contributed by atoms with Crippen LogP contribution in [0, 0.1) is 12.8 Å². The van der Waals surface area contributed by atoms with Gasteiger partial charge < -0.3 is 10.4 Å². The van der Waals surface area contributed by atoms with E-state index in [0.717, 1.165) is 22.7 Å². The topological polar surface area (TPSA) is 62.2 Å². The predicted octanol–water partition coefficient (Wildman–Crippen LogP) is 3.17. The third kappa shape index (κ3) is 4.36. The number of aliphatic hydroxyl groups is 1. The van der Waals surface area contributed by atoms with E-state index >= 15 is 0 Å². The molecule has 0 spiro atoms. The summed E-state index contributed by atoms with van der Waals surface area (Å²) in [5.41, 5.74) is 1.60. The first-order chi connectivity index (χ1) is 9.97. The van der Waals surface area contributed by atoms with Crippen LogP contribution < -0.4 is 5.32 Å². The summed E-state index contributed by atoms with van der Waals surface area (Å²) < 4.78 is 0. The largest absolute Gasteiger partial charge is 0.387 e. The second-order valence-electron chi connectivity index (χ2n) is 5.40. The van der Waals surface area contributed by atoms with Gasteiger partial charge in [-0.3, -0.25) is 4.79 Å². The van der Waals surface area contributed by atoms with Crippen molar-refractivity contribution in [1.29, 1.82) is 0 Å². The van der Waals surface area contributed by atoms with Gasteiger partial charge in [-0.15, -0.1) is 11.3 Å². The van der Waals surface area contributed by atoms with Crippen LogP contribution in [0.3, 0.4) is 0 Å². The molecule has 2 aromatic rings. The smallest absolute Gasteiger partial charge is 0.263 e. The number of aromatic nitrogens is 1. The van der Waals surface area contributed by atoms with E-state index in [-0.39, 0.29) is 12.5 Å². The molecular weight excluding hydrogens is 304 g/mol. The zero-order valence-electron chi connectivity index (χ0n) is 12.4. The minimum Gasteiger partial charge on any atom is -0.387 e. The number of thiazole rings is 1. The van der Waals surface area contributed by atoms with Crippen molar-refractivity contribution < 1.29 is 9.90 Å². The maximum absolute atomic E-state index is 12.2. The van der Waals surface area contributed by atoms with Crippen molar-refractivity contribution in [2.75, 3.05) is 6.54 Å². The third-order valence-electron chi connectivity index (χ3n) is 3.01. The fourth-order valence-corrected chi connectivity index (χ4v) is 3.85. The Labute approximate surface area is 132 Å². The number of thiophene rings is 1. The highest BCUT2D eigenvalue weighted by atomic mass is 32.1. The molecule has 2 rings (SSSR count). The zero-order chi connectivity index (χ0) is 15.4. The van der Waals surface area contributed by atoms with Gasteiger partial charge in [0, 0.05) is 13.0 Å². The van der Waals surface area contributed by atoms with E-state index in [0.29, 0.717) is 10.8 Å². The SMILES string of the molecule is Cc1nc(CC(C)C)sc1C(=O)NCC(O)c1ccsc1. The quantitative estimate of drug-likeness (QED) is 0.858. The van der Waals surface area contributed by atoms with Crippen LogP contribution in [0.5, 0.6) is 0 Å². The zero-order valence-corrected chi connectivity index (χ0v) is 14.1. The number of hydrogen-bond acceptors (Lipinski definition) is 5. The Kier molecular flexibility index (Phi) is 5.50. The Balaban J connectivity index is 1.95. The molecule has 6 heteroatoms. The standard InChI is InChI=1S/C15H20N2O2S2/c1-9(2)6-13-17-10(3)14(21-13)15(19)16-7-12(18)11-4-5-20-8-11/h4-5,8-9,12,18H,6-7H2,1-3H3,(H,16,19). The van der Waals surface area contributed by atoms with Crippen LogP contribution in [0.2, 0.25) is 0 Å². The second-order valence-corrected chi connectivity index (χ2v) is 7.27. The minimum atomic E-state index is -0.663. The van der Waals surface area contributed by atoms with Gasteiger partial charge in [0.2, 0.25) is 0 Å². The Morgan fingerprint density at radius 3 is 2.86 bits per heavy atom. The van der Waals surface area contributed by atoms with E-state index in [1.165, 1.54) is 22.7 Å².